The molecular weight excluding hydrogens is 424 g/mol. The van der Waals surface area contributed by atoms with Crippen molar-refractivity contribution in [2.75, 3.05) is 24.3 Å². The molecule has 0 aliphatic carbocycles. The molecule has 0 bridgehead atoms. The van der Waals surface area contributed by atoms with Crippen LogP contribution in [0.15, 0.2) is 46.0 Å². The third-order valence-electron chi connectivity index (χ3n) is 4.31. The maximum Gasteiger partial charge on any atom is 0.277 e. The van der Waals surface area contributed by atoms with Crippen molar-refractivity contribution in [1.82, 2.24) is 15.2 Å². The van der Waals surface area contributed by atoms with E-state index in [9.17, 15) is 4.79 Å². The van der Waals surface area contributed by atoms with Crippen molar-refractivity contribution < 1.29 is 18.7 Å². The number of nitrogens with one attached hydrogen (secondary N) is 1. The van der Waals surface area contributed by atoms with Gasteiger partial charge in [-0.05, 0) is 42.8 Å². The van der Waals surface area contributed by atoms with Crippen molar-refractivity contribution in [3.05, 3.63) is 42.0 Å². The molecule has 3 heterocycles. The van der Waals surface area contributed by atoms with Crippen LogP contribution >= 0.6 is 23.1 Å². The fourth-order valence-electron chi connectivity index (χ4n) is 2.93. The van der Waals surface area contributed by atoms with Gasteiger partial charge >= 0.3 is 0 Å². The lowest BCUT2D eigenvalue weighted by Crippen LogP contribution is -2.15. The van der Waals surface area contributed by atoms with Gasteiger partial charge in [0.05, 0.1) is 16.0 Å². The molecule has 10 heteroatoms. The van der Waals surface area contributed by atoms with Crippen LogP contribution in [0.1, 0.15) is 5.56 Å². The summed E-state index contributed by atoms with van der Waals surface area (Å²) in [4.78, 5) is 16.7. The first-order valence-electron chi connectivity index (χ1n) is 9.17. The van der Waals surface area contributed by atoms with Crippen LogP contribution in [0.5, 0.6) is 11.5 Å². The van der Waals surface area contributed by atoms with Gasteiger partial charge in [0.1, 0.15) is 13.2 Å². The summed E-state index contributed by atoms with van der Waals surface area (Å²) in [6.45, 7) is 3.06. The Morgan fingerprint density at radius 2 is 2.00 bits per heavy atom. The predicted octanol–water partition coefficient (Wildman–Crippen LogP) is 4.16. The Morgan fingerprint density at radius 3 is 2.90 bits per heavy atom. The van der Waals surface area contributed by atoms with E-state index in [0.717, 1.165) is 21.3 Å². The van der Waals surface area contributed by atoms with Gasteiger partial charge in [-0.15, -0.1) is 10.2 Å². The summed E-state index contributed by atoms with van der Waals surface area (Å²) in [5, 5.41) is 11.8. The molecule has 0 radical (unpaired) electrons. The third-order valence-corrected chi connectivity index (χ3v) is 6.06. The van der Waals surface area contributed by atoms with Crippen LogP contribution in [-0.4, -0.2) is 40.1 Å². The number of benzene rings is 2. The van der Waals surface area contributed by atoms with Gasteiger partial charge in [-0.2, -0.15) is 0 Å². The van der Waals surface area contributed by atoms with Crippen molar-refractivity contribution in [2.45, 2.75) is 12.1 Å². The van der Waals surface area contributed by atoms with Crippen molar-refractivity contribution >= 4 is 44.4 Å². The number of rotatable bonds is 5. The molecule has 1 N–H and O–H groups in total. The zero-order valence-electron chi connectivity index (χ0n) is 15.9. The molecule has 0 atom stereocenters. The van der Waals surface area contributed by atoms with Gasteiger partial charge in [0.2, 0.25) is 11.8 Å². The minimum absolute atomic E-state index is 0.137. The maximum absolute atomic E-state index is 12.3. The van der Waals surface area contributed by atoms with Crippen LogP contribution in [0, 0.1) is 6.92 Å². The molecule has 2 aromatic carbocycles. The van der Waals surface area contributed by atoms with E-state index in [1.807, 2.05) is 31.2 Å². The second-order valence-electron chi connectivity index (χ2n) is 6.56. The number of hydrogen-bond donors (Lipinski definition) is 1. The lowest BCUT2D eigenvalue weighted by atomic mass is 10.2. The Labute approximate surface area is 179 Å². The number of hydrogen-bond acceptors (Lipinski definition) is 9. The van der Waals surface area contributed by atoms with Crippen LogP contribution < -0.4 is 14.8 Å². The molecule has 0 saturated heterocycles. The molecule has 1 aliphatic rings. The summed E-state index contributed by atoms with van der Waals surface area (Å²) in [5.41, 5.74) is 2.76. The molecule has 0 saturated carbocycles. The standard InChI is InChI=1S/C20H16N4O4S2/c1-11-2-4-13-16(8-11)30-19(21-13)22-17(25)10-29-20-24-23-18(28-20)12-3-5-14-15(9-12)27-7-6-26-14/h2-5,8-9H,6-7,10H2,1H3,(H,21,22,25). The first-order chi connectivity index (χ1) is 14.6. The normalized spacial score (nSPS) is 12.8. The molecule has 1 amide bonds. The van der Waals surface area contributed by atoms with Gasteiger partial charge in [0.25, 0.3) is 5.22 Å². The average molecular weight is 441 g/mol. The topological polar surface area (TPSA) is 99.4 Å². The second kappa shape index (κ2) is 7.96. The maximum atomic E-state index is 12.3. The van der Waals surface area contributed by atoms with E-state index in [0.29, 0.717) is 41.0 Å². The Hall–Kier alpha value is -3.11. The summed E-state index contributed by atoms with van der Waals surface area (Å²) < 4.78 is 17.8. The van der Waals surface area contributed by atoms with Crippen molar-refractivity contribution in [2.24, 2.45) is 0 Å². The summed E-state index contributed by atoms with van der Waals surface area (Å²) in [7, 11) is 0. The number of aromatic nitrogens is 3. The van der Waals surface area contributed by atoms with E-state index >= 15 is 0 Å². The number of nitrogens with zero attached hydrogens (tertiary/aromatic N) is 3. The van der Waals surface area contributed by atoms with Crippen LogP contribution in [0.4, 0.5) is 5.13 Å². The number of carbonyl (C=O) groups is 1. The van der Waals surface area contributed by atoms with Gasteiger partial charge in [-0.3, -0.25) is 4.79 Å². The zero-order valence-corrected chi connectivity index (χ0v) is 17.5. The quantitative estimate of drug-likeness (QED) is 0.462. The number of ether oxygens (including phenoxy) is 2. The summed E-state index contributed by atoms with van der Waals surface area (Å²) in [6, 6.07) is 11.4. The first-order valence-corrected chi connectivity index (χ1v) is 11.0. The SMILES string of the molecule is Cc1ccc2nc(NC(=O)CSc3nnc(-c4ccc5c(c4)OCCO5)o3)sc2c1. The molecule has 1 aliphatic heterocycles. The highest BCUT2D eigenvalue weighted by molar-refractivity contribution is 7.99. The number of thiazole rings is 1. The monoisotopic (exact) mass is 440 g/mol. The van der Waals surface area contributed by atoms with E-state index < -0.39 is 0 Å². The Kier molecular flexibility index (Phi) is 5.01. The number of fused-ring (bicyclic) bond motifs is 2. The summed E-state index contributed by atoms with van der Waals surface area (Å²) >= 11 is 2.62. The highest BCUT2D eigenvalue weighted by Crippen LogP contribution is 2.34. The predicted molar refractivity (Wildman–Crippen MR) is 114 cm³/mol. The largest absolute Gasteiger partial charge is 0.486 e. The highest BCUT2D eigenvalue weighted by Gasteiger charge is 2.16. The molecule has 4 aromatic rings. The van der Waals surface area contributed by atoms with Crippen LogP contribution in [0.3, 0.4) is 0 Å². The minimum atomic E-state index is -0.185. The van der Waals surface area contributed by atoms with Crippen LogP contribution in [0.2, 0.25) is 0 Å². The van der Waals surface area contributed by atoms with Crippen molar-refractivity contribution in [3.63, 3.8) is 0 Å². The number of carbonyl (C=O) groups excluding carboxylic acids is 1. The molecule has 0 fully saturated rings. The molecule has 30 heavy (non-hydrogen) atoms. The summed E-state index contributed by atoms with van der Waals surface area (Å²) in [5.74, 6) is 1.65. The van der Waals surface area contributed by atoms with Gasteiger partial charge in [-0.25, -0.2) is 4.98 Å². The zero-order chi connectivity index (χ0) is 20.5. The van der Waals surface area contributed by atoms with Crippen LogP contribution in [-0.2, 0) is 4.79 Å². The first kappa shape index (κ1) is 18.9. The van der Waals surface area contributed by atoms with E-state index in [1.165, 1.54) is 23.1 Å². The van der Waals surface area contributed by atoms with Gasteiger partial charge in [0, 0.05) is 5.56 Å². The van der Waals surface area contributed by atoms with Gasteiger partial charge in [0.15, 0.2) is 16.6 Å². The van der Waals surface area contributed by atoms with E-state index in [2.05, 4.69) is 26.6 Å². The number of anilines is 1. The fraction of sp³-hybridized carbons (Fsp3) is 0.200. The van der Waals surface area contributed by atoms with Crippen molar-refractivity contribution in [1.29, 1.82) is 0 Å². The summed E-state index contributed by atoms with van der Waals surface area (Å²) in [6.07, 6.45) is 0. The van der Waals surface area contributed by atoms with E-state index in [-0.39, 0.29) is 11.7 Å². The van der Waals surface area contributed by atoms with Gasteiger partial charge in [-0.1, -0.05) is 29.2 Å². The van der Waals surface area contributed by atoms with Gasteiger partial charge < -0.3 is 19.2 Å². The third kappa shape index (κ3) is 3.96. The van der Waals surface area contributed by atoms with Crippen molar-refractivity contribution in [3.8, 4) is 23.0 Å². The molecule has 2 aromatic heterocycles. The lowest BCUT2D eigenvalue weighted by Gasteiger charge is -2.18. The van der Waals surface area contributed by atoms with E-state index in [4.69, 9.17) is 13.9 Å². The molecule has 5 rings (SSSR count). The molecule has 0 spiro atoms. The molecule has 8 nitrogen and oxygen atoms in total. The molecule has 0 unspecified atom stereocenters. The van der Waals surface area contributed by atoms with E-state index in [1.54, 1.807) is 6.07 Å². The Bertz CT molecular complexity index is 1240. The highest BCUT2D eigenvalue weighted by atomic mass is 32.2. The van der Waals surface area contributed by atoms with Crippen LogP contribution in [0.25, 0.3) is 21.7 Å². The second-order valence-corrected chi connectivity index (χ2v) is 8.52. The molecule has 152 valence electrons. The lowest BCUT2D eigenvalue weighted by molar-refractivity contribution is -0.113. The smallest absolute Gasteiger partial charge is 0.277 e. The number of thioether (sulfide) groups is 1. The Balaban J connectivity index is 1.21. The Morgan fingerprint density at radius 1 is 1.13 bits per heavy atom. The fourth-order valence-corrected chi connectivity index (χ4v) is 4.47. The average Bonchev–Trinajstić information content (AvgIpc) is 3.38. The number of amides is 1. The number of aryl methyl sites for hydroxylation is 1. The molecular formula is C20H16N4O4S2. The minimum Gasteiger partial charge on any atom is -0.486 e.